The maximum Gasteiger partial charge on any atom is 0.337 e. The second-order valence-corrected chi connectivity index (χ2v) is 8.36. The van der Waals surface area contributed by atoms with Gasteiger partial charge in [0.2, 0.25) is 0 Å². The van der Waals surface area contributed by atoms with Crippen molar-refractivity contribution in [2.45, 2.75) is 19.4 Å². The number of hydrogen-bond acceptors (Lipinski definition) is 7. The molecule has 0 saturated carbocycles. The van der Waals surface area contributed by atoms with Crippen LogP contribution in [-0.4, -0.2) is 43.6 Å². The number of aliphatic hydroxyl groups excluding tert-OH is 1. The number of anilines is 1. The van der Waals surface area contributed by atoms with Crippen LogP contribution in [0.25, 0.3) is 5.76 Å². The molecular formula is C29H27NO7. The Morgan fingerprint density at radius 2 is 1.65 bits per heavy atom. The number of Topliss-reactive ketones (excluding diaryl/α,β-unsaturated/α-hetero) is 1. The van der Waals surface area contributed by atoms with Crippen LogP contribution in [0.15, 0.2) is 78.4 Å². The molecule has 8 nitrogen and oxygen atoms in total. The highest BCUT2D eigenvalue weighted by Gasteiger charge is 2.47. The summed E-state index contributed by atoms with van der Waals surface area (Å²) in [5, 5.41) is 11.3. The molecule has 3 aromatic carbocycles. The molecule has 3 aromatic rings. The molecule has 1 aliphatic rings. The summed E-state index contributed by atoms with van der Waals surface area (Å²) in [4.78, 5) is 40.2. The van der Waals surface area contributed by atoms with Crippen molar-refractivity contribution in [2.75, 3.05) is 25.7 Å². The molecule has 1 N–H and O–H groups in total. The van der Waals surface area contributed by atoms with Gasteiger partial charge in [0, 0.05) is 11.3 Å². The Bertz CT molecular complexity index is 1360. The van der Waals surface area contributed by atoms with Crippen molar-refractivity contribution in [3.63, 3.8) is 0 Å². The van der Waals surface area contributed by atoms with Gasteiger partial charge in [0.05, 0.1) is 38.0 Å². The molecule has 1 amide bonds. The van der Waals surface area contributed by atoms with Crippen molar-refractivity contribution in [3.05, 3.63) is 95.1 Å². The molecule has 1 unspecified atom stereocenters. The average Bonchev–Trinajstić information content (AvgIpc) is 3.21. The van der Waals surface area contributed by atoms with E-state index in [1.165, 1.54) is 25.2 Å². The number of rotatable bonds is 8. The molecule has 4 rings (SSSR count). The fraction of sp³-hybridized carbons (Fsp3) is 0.207. The van der Waals surface area contributed by atoms with Crippen LogP contribution in [0.1, 0.15) is 40.9 Å². The lowest BCUT2D eigenvalue weighted by Crippen LogP contribution is -2.29. The van der Waals surface area contributed by atoms with Gasteiger partial charge in [-0.15, -0.1) is 0 Å². The Kier molecular flexibility index (Phi) is 7.57. The molecule has 0 radical (unpaired) electrons. The molecule has 0 spiro atoms. The Hall–Kier alpha value is -4.59. The van der Waals surface area contributed by atoms with Crippen LogP contribution >= 0.6 is 0 Å². The highest BCUT2D eigenvalue weighted by Crippen LogP contribution is 2.43. The summed E-state index contributed by atoms with van der Waals surface area (Å²) in [5.41, 5.74) is 1.35. The first kappa shape index (κ1) is 25.5. The minimum atomic E-state index is -0.973. The number of hydrogen-bond donors (Lipinski definition) is 1. The van der Waals surface area contributed by atoms with E-state index in [1.54, 1.807) is 66.7 Å². The quantitative estimate of drug-likeness (QED) is 0.203. The second kappa shape index (κ2) is 11.0. The SMILES string of the molecule is CCCOc1ccc(/C(O)=C2\C(=O)C(=O)N(c3cccc(C(=O)OC)c3)C2c2cccc(OC)c2)cc1. The minimum absolute atomic E-state index is 0.0797. The van der Waals surface area contributed by atoms with Gasteiger partial charge in [0.1, 0.15) is 17.3 Å². The first-order chi connectivity index (χ1) is 17.9. The van der Waals surface area contributed by atoms with Crippen molar-refractivity contribution in [1.29, 1.82) is 0 Å². The molecule has 37 heavy (non-hydrogen) atoms. The predicted octanol–water partition coefficient (Wildman–Crippen LogP) is 4.90. The summed E-state index contributed by atoms with van der Waals surface area (Å²) in [6.45, 7) is 2.55. The lowest BCUT2D eigenvalue weighted by atomic mass is 9.95. The van der Waals surface area contributed by atoms with E-state index in [9.17, 15) is 19.5 Å². The number of nitrogens with zero attached hydrogens (tertiary/aromatic N) is 1. The summed E-state index contributed by atoms with van der Waals surface area (Å²) in [5.74, 6) is -1.44. The molecule has 1 heterocycles. The fourth-order valence-electron chi connectivity index (χ4n) is 4.21. The standard InChI is InChI=1S/C29H27NO7/c1-4-15-37-22-13-11-18(12-14-22)26(31)24-25(19-7-6-10-23(17-19)35-2)30(28(33)27(24)32)21-9-5-8-20(16-21)29(34)36-3/h5-14,16-17,25,31H,4,15H2,1-3H3/b26-24+. The van der Waals surface area contributed by atoms with E-state index in [-0.39, 0.29) is 16.9 Å². The van der Waals surface area contributed by atoms with Crippen molar-refractivity contribution in [1.82, 2.24) is 0 Å². The van der Waals surface area contributed by atoms with Crippen molar-refractivity contribution in [2.24, 2.45) is 0 Å². The van der Waals surface area contributed by atoms with E-state index in [4.69, 9.17) is 14.2 Å². The molecule has 0 aliphatic carbocycles. The number of amides is 1. The minimum Gasteiger partial charge on any atom is -0.507 e. The summed E-state index contributed by atoms with van der Waals surface area (Å²) in [7, 11) is 2.77. The molecule has 0 aromatic heterocycles. The van der Waals surface area contributed by atoms with Crippen LogP contribution in [-0.2, 0) is 14.3 Å². The normalized spacial score (nSPS) is 16.5. The molecular weight excluding hydrogens is 474 g/mol. The topological polar surface area (TPSA) is 102 Å². The molecule has 190 valence electrons. The molecule has 1 atom stereocenters. The third-order valence-electron chi connectivity index (χ3n) is 6.00. The lowest BCUT2D eigenvalue weighted by molar-refractivity contribution is -0.132. The smallest absolute Gasteiger partial charge is 0.337 e. The van der Waals surface area contributed by atoms with Gasteiger partial charge in [-0.3, -0.25) is 14.5 Å². The molecule has 0 bridgehead atoms. The number of carbonyl (C=O) groups is 3. The Morgan fingerprint density at radius 1 is 0.919 bits per heavy atom. The van der Waals surface area contributed by atoms with Crippen LogP contribution in [0.2, 0.25) is 0 Å². The van der Waals surface area contributed by atoms with Gasteiger partial charge in [-0.05, 0) is 66.6 Å². The highest BCUT2D eigenvalue weighted by atomic mass is 16.5. The molecule has 8 heteroatoms. The average molecular weight is 502 g/mol. The number of benzene rings is 3. The van der Waals surface area contributed by atoms with Crippen LogP contribution < -0.4 is 14.4 Å². The number of aliphatic hydroxyl groups is 1. The first-order valence-electron chi connectivity index (χ1n) is 11.8. The van der Waals surface area contributed by atoms with Crippen molar-refractivity contribution >= 4 is 29.1 Å². The highest BCUT2D eigenvalue weighted by molar-refractivity contribution is 6.51. The summed E-state index contributed by atoms with van der Waals surface area (Å²) in [6.07, 6.45) is 0.850. The number of ketones is 1. The van der Waals surface area contributed by atoms with E-state index in [2.05, 4.69) is 0 Å². The van der Waals surface area contributed by atoms with Gasteiger partial charge < -0.3 is 19.3 Å². The van der Waals surface area contributed by atoms with E-state index >= 15 is 0 Å². The van der Waals surface area contributed by atoms with Gasteiger partial charge in [-0.1, -0.05) is 25.1 Å². The van der Waals surface area contributed by atoms with Gasteiger partial charge >= 0.3 is 5.97 Å². The van der Waals surface area contributed by atoms with Crippen LogP contribution in [0.4, 0.5) is 5.69 Å². The van der Waals surface area contributed by atoms with Crippen LogP contribution in [0.5, 0.6) is 11.5 Å². The predicted molar refractivity (Wildman–Crippen MR) is 138 cm³/mol. The fourth-order valence-corrected chi connectivity index (χ4v) is 4.21. The number of esters is 1. The zero-order valence-electron chi connectivity index (χ0n) is 20.8. The lowest BCUT2D eigenvalue weighted by Gasteiger charge is -2.26. The number of carbonyl (C=O) groups excluding carboxylic acids is 3. The molecule has 1 aliphatic heterocycles. The zero-order valence-corrected chi connectivity index (χ0v) is 20.8. The van der Waals surface area contributed by atoms with Gasteiger partial charge in [0.25, 0.3) is 11.7 Å². The maximum atomic E-state index is 13.4. The van der Waals surface area contributed by atoms with Gasteiger partial charge in [0.15, 0.2) is 0 Å². The Labute approximate surface area is 214 Å². The van der Waals surface area contributed by atoms with Crippen LogP contribution in [0, 0.1) is 0 Å². The van der Waals surface area contributed by atoms with Gasteiger partial charge in [-0.25, -0.2) is 4.79 Å². The Morgan fingerprint density at radius 3 is 2.32 bits per heavy atom. The maximum absolute atomic E-state index is 13.4. The summed E-state index contributed by atoms with van der Waals surface area (Å²) < 4.78 is 15.8. The van der Waals surface area contributed by atoms with E-state index in [0.29, 0.717) is 34.9 Å². The third kappa shape index (κ3) is 5.04. The monoisotopic (exact) mass is 501 g/mol. The van der Waals surface area contributed by atoms with Crippen molar-refractivity contribution < 1.29 is 33.7 Å². The zero-order chi connectivity index (χ0) is 26.5. The Balaban J connectivity index is 1.87. The van der Waals surface area contributed by atoms with Gasteiger partial charge in [-0.2, -0.15) is 0 Å². The number of ether oxygens (including phenoxy) is 3. The van der Waals surface area contributed by atoms with E-state index in [0.717, 1.165) is 6.42 Å². The van der Waals surface area contributed by atoms with Crippen LogP contribution in [0.3, 0.4) is 0 Å². The summed E-state index contributed by atoms with van der Waals surface area (Å²) >= 11 is 0. The third-order valence-corrected chi connectivity index (χ3v) is 6.00. The van der Waals surface area contributed by atoms with E-state index < -0.39 is 23.7 Å². The number of methoxy groups -OCH3 is 2. The molecule has 1 fully saturated rings. The second-order valence-electron chi connectivity index (χ2n) is 8.36. The largest absolute Gasteiger partial charge is 0.507 e. The summed E-state index contributed by atoms with van der Waals surface area (Å²) in [6, 6.07) is 18.8. The first-order valence-corrected chi connectivity index (χ1v) is 11.8. The molecule has 1 saturated heterocycles. The van der Waals surface area contributed by atoms with E-state index in [1.807, 2.05) is 6.92 Å². The van der Waals surface area contributed by atoms with Crippen molar-refractivity contribution in [3.8, 4) is 11.5 Å².